The first-order valence-electron chi connectivity index (χ1n) is 6.40. The molecule has 1 aliphatic rings. The third kappa shape index (κ3) is 2.01. The summed E-state index contributed by atoms with van der Waals surface area (Å²) in [4.78, 5) is 4.14. The summed E-state index contributed by atoms with van der Waals surface area (Å²) in [6.07, 6.45) is -0.930. The highest BCUT2D eigenvalue weighted by molar-refractivity contribution is 5.81. The number of aromatic nitrogens is 2. The lowest BCUT2D eigenvalue weighted by atomic mass is 9.81. The maximum absolute atomic E-state index is 13.2. The molecule has 0 aliphatic heterocycles. The Bertz CT molecular complexity index is 621. The minimum absolute atomic E-state index is 0.156. The zero-order valence-electron chi connectivity index (χ0n) is 10.8. The molecule has 1 aliphatic carbocycles. The van der Waals surface area contributed by atoms with Crippen LogP contribution in [0.25, 0.3) is 11.0 Å². The molecule has 0 amide bonds. The van der Waals surface area contributed by atoms with Gasteiger partial charge < -0.3 is 4.57 Å². The van der Waals surface area contributed by atoms with E-state index in [0.717, 1.165) is 12.8 Å². The van der Waals surface area contributed by atoms with Gasteiger partial charge in [0.2, 0.25) is 0 Å². The van der Waals surface area contributed by atoms with Crippen LogP contribution in [0.3, 0.4) is 0 Å². The van der Waals surface area contributed by atoms with Crippen LogP contribution >= 0.6 is 0 Å². The van der Waals surface area contributed by atoms with Crippen molar-refractivity contribution < 1.29 is 13.2 Å². The molecule has 1 heterocycles. The number of hydrogen-bond acceptors (Lipinski definition) is 1. The number of nitrogens with zero attached hydrogens (tertiary/aromatic N) is 2. The second-order valence-corrected chi connectivity index (χ2v) is 5.56. The Balaban J connectivity index is 2.20. The number of alkyl halides is 3. The molecular weight excluding hydrogens is 253 g/mol. The molecule has 1 saturated carbocycles. The van der Waals surface area contributed by atoms with Crippen LogP contribution in [0.15, 0.2) is 18.5 Å². The standard InChI is InChI=1S/C14H15F3N2/c1-8-3-10(4-8)19-7-18-12-6-9(2)5-11(13(12)19)14(15,16)17/h5-8,10H,3-4H2,1-2H3. The summed E-state index contributed by atoms with van der Waals surface area (Å²) in [5, 5.41) is 0. The Morgan fingerprint density at radius 3 is 2.53 bits per heavy atom. The van der Waals surface area contributed by atoms with E-state index in [1.165, 1.54) is 6.07 Å². The molecule has 0 spiro atoms. The highest BCUT2D eigenvalue weighted by Gasteiger charge is 2.36. The van der Waals surface area contributed by atoms with Gasteiger partial charge in [-0.1, -0.05) is 6.92 Å². The predicted molar refractivity (Wildman–Crippen MR) is 66.9 cm³/mol. The summed E-state index contributed by atoms with van der Waals surface area (Å²) in [6, 6.07) is 3.08. The smallest absolute Gasteiger partial charge is 0.327 e. The lowest BCUT2D eigenvalue weighted by Gasteiger charge is -2.34. The Morgan fingerprint density at radius 1 is 1.26 bits per heavy atom. The van der Waals surface area contributed by atoms with Gasteiger partial charge in [-0.15, -0.1) is 0 Å². The van der Waals surface area contributed by atoms with Gasteiger partial charge in [-0.2, -0.15) is 13.2 Å². The fraction of sp³-hybridized carbons (Fsp3) is 0.500. The molecule has 0 radical (unpaired) electrons. The summed E-state index contributed by atoms with van der Waals surface area (Å²) in [5.41, 5.74) is 0.688. The van der Waals surface area contributed by atoms with Crippen LogP contribution in [-0.4, -0.2) is 9.55 Å². The van der Waals surface area contributed by atoms with E-state index in [1.807, 2.05) is 0 Å². The van der Waals surface area contributed by atoms with Crippen molar-refractivity contribution in [3.8, 4) is 0 Å². The first kappa shape index (κ1) is 12.5. The van der Waals surface area contributed by atoms with E-state index in [1.54, 1.807) is 23.9 Å². The van der Waals surface area contributed by atoms with Gasteiger partial charge in [0.15, 0.2) is 0 Å². The Kier molecular flexibility index (Phi) is 2.62. The molecule has 0 unspecified atom stereocenters. The highest BCUT2D eigenvalue weighted by atomic mass is 19.4. The van der Waals surface area contributed by atoms with Crippen LogP contribution < -0.4 is 0 Å². The molecule has 1 fully saturated rings. The van der Waals surface area contributed by atoms with Gasteiger partial charge in [0, 0.05) is 6.04 Å². The van der Waals surface area contributed by atoms with Crippen molar-refractivity contribution in [1.82, 2.24) is 9.55 Å². The normalized spacial score (nSPS) is 23.6. The zero-order valence-corrected chi connectivity index (χ0v) is 10.8. The number of benzene rings is 1. The van der Waals surface area contributed by atoms with Gasteiger partial charge in [0.1, 0.15) is 0 Å². The molecule has 19 heavy (non-hydrogen) atoms. The Morgan fingerprint density at radius 2 is 1.95 bits per heavy atom. The maximum atomic E-state index is 13.2. The summed E-state index contributed by atoms with van der Waals surface area (Å²) < 4.78 is 41.2. The van der Waals surface area contributed by atoms with Crippen molar-refractivity contribution in [3.05, 3.63) is 29.6 Å². The molecule has 0 saturated heterocycles. The second-order valence-electron chi connectivity index (χ2n) is 5.56. The van der Waals surface area contributed by atoms with Crippen molar-refractivity contribution in [2.24, 2.45) is 5.92 Å². The Labute approximate surface area is 109 Å². The molecule has 1 aromatic carbocycles. The third-order valence-corrected chi connectivity index (χ3v) is 3.86. The fourth-order valence-electron chi connectivity index (χ4n) is 2.89. The molecule has 2 aromatic rings. The van der Waals surface area contributed by atoms with Gasteiger partial charge in [0.25, 0.3) is 0 Å². The minimum atomic E-state index is -4.34. The number of halogens is 3. The minimum Gasteiger partial charge on any atom is -0.327 e. The summed E-state index contributed by atoms with van der Waals surface area (Å²) in [7, 11) is 0. The first-order chi connectivity index (χ1) is 8.86. The van der Waals surface area contributed by atoms with Crippen LogP contribution in [0.5, 0.6) is 0 Å². The van der Waals surface area contributed by atoms with Crippen LogP contribution in [0.1, 0.15) is 36.9 Å². The number of imidazole rings is 1. The lowest BCUT2D eigenvalue weighted by Crippen LogP contribution is -2.24. The molecule has 2 nitrogen and oxygen atoms in total. The van der Waals surface area contributed by atoms with Gasteiger partial charge in [-0.3, -0.25) is 0 Å². The number of rotatable bonds is 1. The van der Waals surface area contributed by atoms with E-state index >= 15 is 0 Å². The third-order valence-electron chi connectivity index (χ3n) is 3.86. The van der Waals surface area contributed by atoms with E-state index in [4.69, 9.17) is 0 Å². The predicted octanol–water partition coefficient (Wildman–Crippen LogP) is 4.33. The van der Waals surface area contributed by atoms with E-state index in [-0.39, 0.29) is 11.6 Å². The van der Waals surface area contributed by atoms with Crippen molar-refractivity contribution in [3.63, 3.8) is 0 Å². The SMILES string of the molecule is Cc1cc(C(F)(F)F)c2c(c1)ncn2C1CC(C)C1. The zero-order chi connectivity index (χ0) is 13.8. The number of aryl methyl sites for hydroxylation is 1. The summed E-state index contributed by atoms with van der Waals surface area (Å²) in [6.45, 7) is 3.78. The molecule has 3 rings (SSSR count). The second kappa shape index (κ2) is 3.99. The Hall–Kier alpha value is -1.52. The summed E-state index contributed by atoms with van der Waals surface area (Å²) in [5.74, 6) is 0.585. The molecule has 0 bridgehead atoms. The van der Waals surface area contributed by atoms with Gasteiger partial charge in [-0.05, 0) is 43.4 Å². The van der Waals surface area contributed by atoms with Crippen molar-refractivity contribution in [2.45, 2.75) is 38.9 Å². The van der Waals surface area contributed by atoms with Crippen LogP contribution in [0, 0.1) is 12.8 Å². The van der Waals surface area contributed by atoms with E-state index in [0.29, 0.717) is 17.0 Å². The number of hydrogen-bond donors (Lipinski definition) is 0. The van der Waals surface area contributed by atoms with Gasteiger partial charge in [-0.25, -0.2) is 4.98 Å². The molecular formula is C14H15F3N2. The largest absolute Gasteiger partial charge is 0.418 e. The highest BCUT2D eigenvalue weighted by Crippen LogP contribution is 2.42. The molecule has 0 N–H and O–H groups in total. The monoisotopic (exact) mass is 268 g/mol. The molecule has 102 valence electrons. The van der Waals surface area contributed by atoms with E-state index < -0.39 is 11.7 Å². The number of fused-ring (bicyclic) bond motifs is 1. The van der Waals surface area contributed by atoms with Crippen molar-refractivity contribution in [1.29, 1.82) is 0 Å². The average Bonchev–Trinajstić information content (AvgIpc) is 2.65. The fourth-order valence-corrected chi connectivity index (χ4v) is 2.89. The van der Waals surface area contributed by atoms with Crippen LogP contribution in [0.4, 0.5) is 13.2 Å². The van der Waals surface area contributed by atoms with Gasteiger partial charge >= 0.3 is 6.18 Å². The van der Waals surface area contributed by atoms with Crippen molar-refractivity contribution in [2.75, 3.05) is 0 Å². The average molecular weight is 268 g/mol. The maximum Gasteiger partial charge on any atom is 0.418 e. The topological polar surface area (TPSA) is 17.8 Å². The lowest BCUT2D eigenvalue weighted by molar-refractivity contribution is -0.136. The first-order valence-corrected chi connectivity index (χ1v) is 6.40. The van der Waals surface area contributed by atoms with Gasteiger partial charge in [0.05, 0.1) is 22.9 Å². The molecule has 5 heteroatoms. The van der Waals surface area contributed by atoms with E-state index in [9.17, 15) is 13.2 Å². The quantitative estimate of drug-likeness (QED) is 0.752. The van der Waals surface area contributed by atoms with Crippen LogP contribution in [-0.2, 0) is 6.18 Å². The molecule has 1 aromatic heterocycles. The molecule has 0 atom stereocenters. The van der Waals surface area contributed by atoms with Crippen LogP contribution in [0.2, 0.25) is 0 Å². The summed E-state index contributed by atoms with van der Waals surface area (Å²) >= 11 is 0. The van der Waals surface area contributed by atoms with Crippen molar-refractivity contribution >= 4 is 11.0 Å². The van der Waals surface area contributed by atoms with E-state index in [2.05, 4.69) is 11.9 Å².